The zero-order chi connectivity index (χ0) is 14.0. The molecule has 0 aliphatic rings. The van der Waals surface area contributed by atoms with Crippen LogP contribution in [0.2, 0.25) is 0 Å². The van der Waals surface area contributed by atoms with E-state index in [0.29, 0.717) is 24.0 Å². The van der Waals surface area contributed by atoms with Crippen molar-refractivity contribution in [3.8, 4) is 28.4 Å². The van der Waals surface area contributed by atoms with Crippen molar-refractivity contribution < 1.29 is 15.3 Å². The van der Waals surface area contributed by atoms with Gasteiger partial charge in [0.15, 0.2) is 0 Å². The van der Waals surface area contributed by atoms with E-state index in [0.717, 1.165) is 11.1 Å². The number of phenols is 3. The minimum Gasteiger partial charge on any atom is -0.508 e. The molecular formula is C16H18O3. The predicted molar refractivity (Wildman–Crippen MR) is 75.6 cm³/mol. The summed E-state index contributed by atoms with van der Waals surface area (Å²) in [5.74, 6) is 0.507. The minimum absolute atomic E-state index is 0.133. The maximum Gasteiger partial charge on any atom is 0.127 e. The van der Waals surface area contributed by atoms with E-state index in [1.165, 1.54) is 0 Å². The van der Waals surface area contributed by atoms with Crippen LogP contribution in [-0.4, -0.2) is 15.3 Å². The molecule has 0 aromatic heterocycles. The highest BCUT2D eigenvalue weighted by Crippen LogP contribution is 2.40. The molecule has 0 aliphatic heterocycles. The van der Waals surface area contributed by atoms with Crippen LogP contribution < -0.4 is 0 Å². The largest absolute Gasteiger partial charge is 0.508 e. The quantitative estimate of drug-likeness (QED) is 0.737. The first kappa shape index (κ1) is 13.3. The van der Waals surface area contributed by atoms with Gasteiger partial charge in [0.05, 0.1) is 0 Å². The molecule has 2 aromatic rings. The van der Waals surface area contributed by atoms with Crippen LogP contribution in [0.25, 0.3) is 11.1 Å². The molecule has 0 saturated heterocycles. The van der Waals surface area contributed by atoms with Crippen molar-refractivity contribution in [2.45, 2.75) is 26.7 Å². The van der Waals surface area contributed by atoms with Gasteiger partial charge in [-0.1, -0.05) is 26.0 Å². The molecule has 3 N–H and O–H groups in total. The standard InChI is InChI=1S/C16H18O3/c1-3-12-13(4-2)16(19)14(9-15(12)18)10-6-5-7-11(17)8-10/h5-9,17-19H,3-4H2,1-2H3. The van der Waals surface area contributed by atoms with E-state index < -0.39 is 0 Å². The summed E-state index contributed by atoms with van der Waals surface area (Å²) in [6.45, 7) is 3.89. The summed E-state index contributed by atoms with van der Waals surface area (Å²) in [5, 5.41) is 30.0. The molecule has 0 heterocycles. The molecule has 0 aliphatic carbocycles. The Hall–Kier alpha value is -2.16. The summed E-state index contributed by atoms with van der Waals surface area (Å²) in [5.41, 5.74) is 2.78. The summed E-state index contributed by atoms with van der Waals surface area (Å²) in [6.07, 6.45) is 1.32. The van der Waals surface area contributed by atoms with E-state index in [9.17, 15) is 15.3 Å². The molecule has 2 rings (SSSR count). The first-order chi connectivity index (χ1) is 9.08. The Kier molecular flexibility index (Phi) is 3.65. The zero-order valence-electron chi connectivity index (χ0n) is 11.1. The van der Waals surface area contributed by atoms with Gasteiger partial charge >= 0.3 is 0 Å². The number of hydrogen-bond acceptors (Lipinski definition) is 3. The van der Waals surface area contributed by atoms with Gasteiger partial charge in [0.2, 0.25) is 0 Å². The van der Waals surface area contributed by atoms with Crippen LogP contribution >= 0.6 is 0 Å². The van der Waals surface area contributed by atoms with Gasteiger partial charge in [-0.15, -0.1) is 0 Å². The normalized spacial score (nSPS) is 10.6. The van der Waals surface area contributed by atoms with Crippen molar-refractivity contribution >= 4 is 0 Å². The van der Waals surface area contributed by atoms with Crippen molar-refractivity contribution in [1.82, 2.24) is 0 Å². The molecule has 2 aromatic carbocycles. The summed E-state index contributed by atoms with van der Waals surface area (Å²) in [6, 6.07) is 8.20. The lowest BCUT2D eigenvalue weighted by atomic mass is 9.94. The molecule has 0 saturated carbocycles. The average molecular weight is 258 g/mol. The third-order valence-corrected chi connectivity index (χ3v) is 3.36. The third-order valence-electron chi connectivity index (χ3n) is 3.36. The summed E-state index contributed by atoms with van der Waals surface area (Å²) < 4.78 is 0. The van der Waals surface area contributed by atoms with Gasteiger partial charge in [0, 0.05) is 16.7 Å². The van der Waals surface area contributed by atoms with Gasteiger partial charge in [-0.3, -0.25) is 0 Å². The highest BCUT2D eigenvalue weighted by Gasteiger charge is 2.16. The molecule has 0 spiro atoms. The Balaban J connectivity index is 2.68. The molecule has 0 unspecified atom stereocenters. The van der Waals surface area contributed by atoms with Gasteiger partial charge in [-0.2, -0.15) is 0 Å². The fourth-order valence-corrected chi connectivity index (χ4v) is 2.42. The second kappa shape index (κ2) is 5.22. The molecule has 0 bridgehead atoms. The van der Waals surface area contributed by atoms with Crippen molar-refractivity contribution in [1.29, 1.82) is 0 Å². The Morgan fingerprint density at radius 1 is 0.895 bits per heavy atom. The number of benzene rings is 2. The lowest BCUT2D eigenvalue weighted by Crippen LogP contribution is -1.95. The van der Waals surface area contributed by atoms with Crippen molar-refractivity contribution in [2.24, 2.45) is 0 Å². The Morgan fingerprint density at radius 3 is 2.16 bits per heavy atom. The molecule has 100 valence electrons. The molecule has 3 heteroatoms. The highest BCUT2D eigenvalue weighted by molar-refractivity contribution is 5.75. The number of phenolic OH excluding ortho intramolecular Hbond substituents is 3. The second-order valence-corrected chi connectivity index (χ2v) is 4.51. The fraction of sp³-hybridized carbons (Fsp3) is 0.250. The van der Waals surface area contributed by atoms with Gasteiger partial charge in [0.1, 0.15) is 17.2 Å². The Bertz CT molecular complexity index is 603. The minimum atomic E-state index is 0.133. The highest BCUT2D eigenvalue weighted by atomic mass is 16.3. The smallest absolute Gasteiger partial charge is 0.127 e. The fourth-order valence-electron chi connectivity index (χ4n) is 2.42. The Morgan fingerprint density at radius 2 is 1.58 bits per heavy atom. The lowest BCUT2D eigenvalue weighted by Gasteiger charge is -2.15. The van der Waals surface area contributed by atoms with Crippen molar-refractivity contribution in [2.75, 3.05) is 0 Å². The zero-order valence-corrected chi connectivity index (χ0v) is 11.1. The molecule has 0 atom stereocenters. The monoisotopic (exact) mass is 258 g/mol. The van der Waals surface area contributed by atoms with Gasteiger partial charge in [0.25, 0.3) is 0 Å². The average Bonchev–Trinajstić information content (AvgIpc) is 2.40. The number of aromatic hydroxyl groups is 3. The molecular weight excluding hydrogens is 240 g/mol. The van der Waals surface area contributed by atoms with Crippen LogP contribution in [0.1, 0.15) is 25.0 Å². The SMILES string of the molecule is CCc1c(O)cc(-c2cccc(O)c2)c(O)c1CC. The van der Waals surface area contributed by atoms with E-state index >= 15 is 0 Å². The Labute approximate surface area is 112 Å². The summed E-state index contributed by atoms with van der Waals surface area (Å²) in [4.78, 5) is 0. The first-order valence-electron chi connectivity index (χ1n) is 6.44. The van der Waals surface area contributed by atoms with Crippen molar-refractivity contribution in [3.63, 3.8) is 0 Å². The van der Waals surface area contributed by atoms with Gasteiger partial charge < -0.3 is 15.3 Å². The van der Waals surface area contributed by atoms with Crippen molar-refractivity contribution in [3.05, 3.63) is 41.5 Å². The lowest BCUT2D eigenvalue weighted by molar-refractivity contribution is 0.450. The maximum atomic E-state index is 10.4. The van der Waals surface area contributed by atoms with E-state index in [4.69, 9.17) is 0 Å². The maximum absolute atomic E-state index is 10.4. The van der Waals surface area contributed by atoms with E-state index in [-0.39, 0.29) is 17.2 Å². The molecule has 0 amide bonds. The van der Waals surface area contributed by atoms with E-state index in [1.54, 1.807) is 30.3 Å². The van der Waals surface area contributed by atoms with Crippen LogP contribution in [0.15, 0.2) is 30.3 Å². The molecule has 3 nitrogen and oxygen atoms in total. The number of hydrogen-bond donors (Lipinski definition) is 3. The van der Waals surface area contributed by atoms with Crippen LogP contribution in [0, 0.1) is 0 Å². The van der Waals surface area contributed by atoms with Gasteiger partial charge in [-0.25, -0.2) is 0 Å². The van der Waals surface area contributed by atoms with Crippen LogP contribution in [-0.2, 0) is 12.8 Å². The van der Waals surface area contributed by atoms with E-state index in [1.807, 2.05) is 13.8 Å². The second-order valence-electron chi connectivity index (χ2n) is 4.51. The van der Waals surface area contributed by atoms with Crippen LogP contribution in [0.3, 0.4) is 0 Å². The van der Waals surface area contributed by atoms with E-state index in [2.05, 4.69) is 0 Å². The predicted octanol–water partition coefficient (Wildman–Crippen LogP) is 3.60. The summed E-state index contributed by atoms with van der Waals surface area (Å²) >= 11 is 0. The third kappa shape index (κ3) is 2.36. The number of rotatable bonds is 3. The van der Waals surface area contributed by atoms with Gasteiger partial charge in [-0.05, 0) is 36.6 Å². The topological polar surface area (TPSA) is 60.7 Å². The summed E-state index contributed by atoms with van der Waals surface area (Å²) in [7, 11) is 0. The van der Waals surface area contributed by atoms with Crippen LogP contribution in [0.5, 0.6) is 17.2 Å². The first-order valence-corrected chi connectivity index (χ1v) is 6.44. The van der Waals surface area contributed by atoms with Crippen LogP contribution in [0.4, 0.5) is 0 Å². The molecule has 19 heavy (non-hydrogen) atoms. The molecule has 0 fully saturated rings. The molecule has 0 radical (unpaired) electrons.